The lowest BCUT2D eigenvalue weighted by Gasteiger charge is -2.08. The molecule has 0 bridgehead atoms. The van der Waals surface area contributed by atoms with Crippen molar-refractivity contribution in [2.45, 2.75) is 32.2 Å². The van der Waals surface area contributed by atoms with Crippen LogP contribution in [0.3, 0.4) is 0 Å². The zero-order valence-corrected chi connectivity index (χ0v) is 10.9. The van der Waals surface area contributed by atoms with Crippen LogP contribution in [-0.4, -0.2) is 24.5 Å². The molecule has 0 aromatic heterocycles. The summed E-state index contributed by atoms with van der Waals surface area (Å²) >= 11 is 0. The van der Waals surface area contributed by atoms with E-state index in [-0.39, 0.29) is 18.9 Å². The summed E-state index contributed by atoms with van der Waals surface area (Å²) in [6.45, 7) is 1.90. The average Bonchev–Trinajstić information content (AvgIpc) is 3.16. The number of nitrogen functional groups attached to an aromatic ring is 1. The third-order valence-corrected chi connectivity index (χ3v) is 3.05. The number of aryl methyl sites for hydroxylation is 1. The number of hydrogen-bond acceptors (Lipinski definition) is 4. The van der Waals surface area contributed by atoms with Gasteiger partial charge in [0.05, 0.1) is 12.0 Å². The van der Waals surface area contributed by atoms with Gasteiger partial charge in [0.1, 0.15) is 6.61 Å². The molecule has 102 valence electrons. The molecular weight excluding hydrogens is 244 g/mol. The Morgan fingerprint density at radius 1 is 1.42 bits per heavy atom. The minimum atomic E-state index is -0.486. The average molecular weight is 262 g/mol. The van der Waals surface area contributed by atoms with E-state index in [0.717, 1.165) is 18.4 Å². The van der Waals surface area contributed by atoms with E-state index < -0.39 is 5.97 Å². The maximum Gasteiger partial charge on any atom is 0.340 e. The first-order valence-electron chi connectivity index (χ1n) is 6.39. The number of rotatable bonds is 5. The number of carbonyl (C=O) groups is 2. The number of nitrogens with two attached hydrogens (primary N) is 1. The van der Waals surface area contributed by atoms with Crippen LogP contribution in [0, 0.1) is 6.92 Å². The highest BCUT2D eigenvalue weighted by Gasteiger charge is 2.23. The molecule has 0 radical (unpaired) electrons. The fourth-order valence-corrected chi connectivity index (χ4v) is 1.70. The van der Waals surface area contributed by atoms with Gasteiger partial charge in [-0.3, -0.25) is 4.79 Å². The number of nitrogens with one attached hydrogen (secondary N) is 1. The maximum absolute atomic E-state index is 11.8. The van der Waals surface area contributed by atoms with Crippen LogP contribution in [0.2, 0.25) is 0 Å². The van der Waals surface area contributed by atoms with E-state index in [9.17, 15) is 9.59 Å². The van der Waals surface area contributed by atoms with Gasteiger partial charge in [0.25, 0.3) is 0 Å². The highest BCUT2D eigenvalue weighted by Crippen LogP contribution is 2.19. The first-order chi connectivity index (χ1) is 9.08. The summed E-state index contributed by atoms with van der Waals surface area (Å²) in [7, 11) is 0. The van der Waals surface area contributed by atoms with Crippen LogP contribution in [-0.2, 0) is 9.53 Å². The number of benzene rings is 1. The van der Waals surface area contributed by atoms with Gasteiger partial charge in [-0.15, -0.1) is 0 Å². The predicted molar refractivity (Wildman–Crippen MR) is 71.7 cm³/mol. The molecule has 0 aliphatic heterocycles. The maximum atomic E-state index is 11.8. The zero-order valence-electron chi connectivity index (χ0n) is 10.9. The van der Waals surface area contributed by atoms with Crippen LogP contribution in [0.25, 0.3) is 0 Å². The molecule has 0 spiro atoms. The van der Waals surface area contributed by atoms with Crippen molar-refractivity contribution in [3.8, 4) is 0 Å². The molecule has 19 heavy (non-hydrogen) atoms. The quantitative estimate of drug-likeness (QED) is 0.621. The fourth-order valence-electron chi connectivity index (χ4n) is 1.70. The molecule has 1 aliphatic rings. The summed E-state index contributed by atoms with van der Waals surface area (Å²) < 4.78 is 5.06. The number of carbonyl (C=O) groups excluding carboxylic acids is 2. The Morgan fingerprint density at radius 2 is 2.16 bits per heavy atom. The van der Waals surface area contributed by atoms with Crippen LogP contribution in [0.5, 0.6) is 0 Å². The van der Waals surface area contributed by atoms with Crippen molar-refractivity contribution in [2.24, 2.45) is 0 Å². The van der Waals surface area contributed by atoms with Gasteiger partial charge in [-0.25, -0.2) is 4.79 Å². The van der Waals surface area contributed by atoms with Crippen LogP contribution >= 0.6 is 0 Å². The van der Waals surface area contributed by atoms with Gasteiger partial charge >= 0.3 is 5.97 Å². The number of hydrogen-bond donors (Lipinski definition) is 2. The first-order valence-corrected chi connectivity index (χ1v) is 6.39. The van der Waals surface area contributed by atoms with Crippen LogP contribution in [0.1, 0.15) is 35.2 Å². The Kier molecular flexibility index (Phi) is 4.04. The summed E-state index contributed by atoms with van der Waals surface area (Å²) in [5.41, 5.74) is 7.42. The first kappa shape index (κ1) is 13.4. The monoisotopic (exact) mass is 262 g/mol. The largest absolute Gasteiger partial charge is 0.461 e. The Labute approximate surface area is 112 Å². The Hall–Kier alpha value is -2.04. The highest BCUT2D eigenvalue weighted by atomic mass is 16.5. The number of anilines is 1. The second-order valence-electron chi connectivity index (χ2n) is 4.76. The van der Waals surface area contributed by atoms with Crippen LogP contribution in [0.4, 0.5) is 5.69 Å². The summed E-state index contributed by atoms with van der Waals surface area (Å²) in [5, 5.41) is 2.83. The molecule has 1 fully saturated rings. The van der Waals surface area contributed by atoms with Crippen molar-refractivity contribution in [1.82, 2.24) is 5.32 Å². The van der Waals surface area contributed by atoms with Gasteiger partial charge in [0.15, 0.2) is 0 Å². The summed E-state index contributed by atoms with van der Waals surface area (Å²) in [6.07, 6.45) is 2.28. The van der Waals surface area contributed by atoms with Crippen molar-refractivity contribution in [1.29, 1.82) is 0 Å². The molecule has 0 saturated heterocycles. The van der Waals surface area contributed by atoms with Crippen LogP contribution in [0.15, 0.2) is 18.2 Å². The van der Waals surface area contributed by atoms with Crippen molar-refractivity contribution in [2.75, 3.05) is 12.3 Å². The smallest absolute Gasteiger partial charge is 0.340 e. The normalized spacial score (nSPS) is 13.9. The fraction of sp³-hybridized carbons (Fsp3) is 0.429. The van der Waals surface area contributed by atoms with E-state index in [2.05, 4.69) is 5.32 Å². The van der Waals surface area contributed by atoms with Gasteiger partial charge in [-0.2, -0.15) is 0 Å². The standard InChI is InChI=1S/C14H18N2O3/c1-9-3-2-4-11(13(9)15)14(18)19-8-7-12(17)16-10-5-6-10/h2-4,10H,5-8,15H2,1H3,(H,16,17). The lowest BCUT2D eigenvalue weighted by atomic mass is 10.1. The minimum Gasteiger partial charge on any atom is -0.461 e. The van der Waals surface area contributed by atoms with Gasteiger partial charge in [-0.05, 0) is 31.4 Å². The van der Waals surface area contributed by atoms with E-state index in [1.54, 1.807) is 12.1 Å². The van der Waals surface area contributed by atoms with E-state index in [1.807, 2.05) is 13.0 Å². The summed E-state index contributed by atoms with van der Waals surface area (Å²) in [6, 6.07) is 5.53. The van der Waals surface area contributed by atoms with Crippen molar-refractivity contribution in [3.63, 3.8) is 0 Å². The molecule has 1 amide bonds. The molecular formula is C14H18N2O3. The number of para-hydroxylation sites is 1. The molecule has 3 N–H and O–H groups in total. The topological polar surface area (TPSA) is 81.4 Å². The molecule has 0 heterocycles. The molecule has 1 aromatic carbocycles. The molecule has 2 rings (SSSR count). The number of esters is 1. The lowest BCUT2D eigenvalue weighted by molar-refractivity contribution is -0.121. The lowest BCUT2D eigenvalue weighted by Crippen LogP contribution is -2.26. The van der Waals surface area contributed by atoms with Crippen molar-refractivity contribution < 1.29 is 14.3 Å². The van der Waals surface area contributed by atoms with Crippen molar-refractivity contribution >= 4 is 17.6 Å². The van der Waals surface area contributed by atoms with Gasteiger partial charge in [-0.1, -0.05) is 12.1 Å². The minimum absolute atomic E-state index is 0.0742. The van der Waals surface area contributed by atoms with E-state index in [1.165, 1.54) is 0 Å². The second-order valence-corrected chi connectivity index (χ2v) is 4.76. The Balaban J connectivity index is 1.80. The van der Waals surface area contributed by atoms with Gasteiger partial charge in [0.2, 0.25) is 5.91 Å². The van der Waals surface area contributed by atoms with Crippen molar-refractivity contribution in [3.05, 3.63) is 29.3 Å². The zero-order chi connectivity index (χ0) is 13.8. The second kappa shape index (κ2) is 5.73. The highest BCUT2D eigenvalue weighted by molar-refractivity contribution is 5.95. The third kappa shape index (κ3) is 3.71. The molecule has 1 saturated carbocycles. The number of ether oxygens (including phenoxy) is 1. The SMILES string of the molecule is Cc1cccc(C(=O)OCCC(=O)NC2CC2)c1N. The van der Waals surface area contributed by atoms with Gasteiger partial charge in [0, 0.05) is 11.7 Å². The van der Waals surface area contributed by atoms with E-state index in [0.29, 0.717) is 17.3 Å². The summed E-state index contributed by atoms with van der Waals surface area (Å²) in [5.74, 6) is -0.562. The van der Waals surface area contributed by atoms with E-state index in [4.69, 9.17) is 10.5 Å². The molecule has 5 nitrogen and oxygen atoms in total. The molecule has 0 atom stereocenters. The van der Waals surface area contributed by atoms with Gasteiger partial charge < -0.3 is 15.8 Å². The number of amides is 1. The van der Waals surface area contributed by atoms with Crippen LogP contribution < -0.4 is 11.1 Å². The Bertz CT molecular complexity index is 495. The molecule has 1 aliphatic carbocycles. The molecule has 0 unspecified atom stereocenters. The van der Waals surface area contributed by atoms with E-state index >= 15 is 0 Å². The molecule has 5 heteroatoms. The third-order valence-electron chi connectivity index (χ3n) is 3.05. The summed E-state index contributed by atoms with van der Waals surface area (Å²) in [4.78, 5) is 23.2. The predicted octanol–water partition coefficient (Wildman–Crippen LogP) is 1.40. The molecule has 1 aromatic rings. The Morgan fingerprint density at radius 3 is 2.84 bits per heavy atom.